The molecule has 1 fully saturated rings. The van der Waals surface area contributed by atoms with E-state index in [2.05, 4.69) is 5.32 Å². The minimum absolute atomic E-state index is 0.308. The molecule has 4 heteroatoms. The van der Waals surface area contributed by atoms with Gasteiger partial charge >= 0.3 is 0 Å². The molecule has 1 aromatic heterocycles. The van der Waals surface area contributed by atoms with Gasteiger partial charge in [-0.1, -0.05) is 18.0 Å². The van der Waals surface area contributed by atoms with E-state index < -0.39 is 0 Å². The first kappa shape index (κ1) is 11.4. The third kappa shape index (κ3) is 2.94. The van der Waals surface area contributed by atoms with Gasteiger partial charge in [-0.2, -0.15) is 0 Å². The van der Waals surface area contributed by atoms with Gasteiger partial charge in [0.2, 0.25) is 0 Å². The quantitative estimate of drug-likeness (QED) is 0.855. The molecule has 2 rings (SSSR count). The van der Waals surface area contributed by atoms with Crippen molar-refractivity contribution in [2.75, 3.05) is 6.61 Å². The fourth-order valence-corrected chi connectivity index (χ4v) is 3.23. The maximum Gasteiger partial charge on any atom is 0.0516 e. The van der Waals surface area contributed by atoms with Crippen LogP contribution >= 0.6 is 22.9 Å². The fourth-order valence-electron chi connectivity index (χ4n) is 2.20. The van der Waals surface area contributed by atoms with E-state index >= 15 is 0 Å². The first-order chi connectivity index (χ1) is 7.29. The van der Waals surface area contributed by atoms with E-state index in [0.717, 1.165) is 18.0 Å². The molecule has 0 aromatic carbocycles. The van der Waals surface area contributed by atoms with E-state index in [-0.39, 0.29) is 0 Å². The van der Waals surface area contributed by atoms with Gasteiger partial charge in [0.25, 0.3) is 0 Å². The summed E-state index contributed by atoms with van der Waals surface area (Å²) in [6.07, 6.45) is 3.57. The summed E-state index contributed by atoms with van der Waals surface area (Å²) >= 11 is 7.54. The maximum absolute atomic E-state index is 9.18. The van der Waals surface area contributed by atoms with Gasteiger partial charge in [-0.25, -0.2) is 0 Å². The van der Waals surface area contributed by atoms with Crippen molar-refractivity contribution in [1.29, 1.82) is 0 Å². The monoisotopic (exact) mass is 245 g/mol. The van der Waals surface area contributed by atoms with Crippen LogP contribution in [0.15, 0.2) is 11.4 Å². The number of hydrogen-bond acceptors (Lipinski definition) is 3. The second-order valence-corrected chi connectivity index (χ2v) is 5.52. The van der Waals surface area contributed by atoms with Gasteiger partial charge < -0.3 is 10.4 Å². The SMILES string of the molecule is OCC1CCCC1NCc1cc(Cl)cs1. The molecule has 1 aliphatic rings. The van der Waals surface area contributed by atoms with Crippen molar-refractivity contribution in [1.82, 2.24) is 5.32 Å². The van der Waals surface area contributed by atoms with Gasteiger partial charge in [-0.3, -0.25) is 0 Å². The summed E-state index contributed by atoms with van der Waals surface area (Å²) in [5.74, 6) is 0.445. The number of aliphatic hydroxyl groups excluding tert-OH is 1. The third-order valence-electron chi connectivity index (χ3n) is 3.05. The van der Waals surface area contributed by atoms with Crippen LogP contribution in [0.25, 0.3) is 0 Å². The molecule has 1 aliphatic carbocycles. The summed E-state index contributed by atoms with van der Waals surface area (Å²) in [6.45, 7) is 1.18. The molecule has 0 spiro atoms. The lowest BCUT2D eigenvalue weighted by Crippen LogP contribution is -2.33. The van der Waals surface area contributed by atoms with Gasteiger partial charge in [-0.05, 0) is 24.8 Å². The van der Waals surface area contributed by atoms with Crippen LogP contribution in [0, 0.1) is 5.92 Å². The summed E-state index contributed by atoms with van der Waals surface area (Å²) < 4.78 is 0. The predicted octanol–water partition coefficient (Wildman–Crippen LogP) is 2.65. The summed E-state index contributed by atoms with van der Waals surface area (Å²) in [6, 6.07) is 2.48. The van der Waals surface area contributed by atoms with E-state index in [9.17, 15) is 5.11 Å². The second-order valence-electron chi connectivity index (χ2n) is 4.09. The minimum Gasteiger partial charge on any atom is -0.396 e. The van der Waals surface area contributed by atoms with Crippen LogP contribution in [-0.4, -0.2) is 17.8 Å². The Morgan fingerprint density at radius 2 is 2.40 bits per heavy atom. The molecule has 1 saturated carbocycles. The van der Waals surface area contributed by atoms with Crippen LogP contribution in [0.4, 0.5) is 0 Å². The predicted molar refractivity (Wildman–Crippen MR) is 64.4 cm³/mol. The topological polar surface area (TPSA) is 32.3 Å². The molecular weight excluding hydrogens is 230 g/mol. The third-order valence-corrected chi connectivity index (χ3v) is 4.34. The highest BCUT2D eigenvalue weighted by atomic mass is 35.5. The van der Waals surface area contributed by atoms with E-state index in [1.165, 1.54) is 17.7 Å². The van der Waals surface area contributed by atoms with Gasteiger partial charge in [0, 0.05) is 29.5 Å². The van der Waals surface area contributed by atoms with Crippen molar-refractivity contribution < 1.29 is 5.11 Å². The van der Waals surface area contributed by atoms with E-state index in [0.29, 0.717) is 18.6 Å². The molecule has 2 nitrogen and oxygen atoms in total. The lowest BCUT2D eigenvalue weighted by atomic mass is 10.1. The van der Waals surface area contributed by atoms with E-state index in [4.69, 9.17) is 11.6 Å². The van der Waals surface area contributed by atoms with Crippen molar-refractivity contribution in [3.8, 4) is 0 Å². The first-order valence-electron chi connectivity index (χ1n) is 5.36. The summed E-state index contributed by atoms with van der Waals surface area (Å²) in [5.41, 5.74) is 0. The zero-order valence-corrected chi connectivity index (χ0v) is 10.2. The number of halogens is 1. The summed E-state index contributed by atoms with van der Waals surface area (Å²) in [7, 11) is 0. The molecule has 0 amide bonds. The van der Waals surface area contributed by atoms with Crippen molar-refractivity contribution in [3.05, 3.63) is 21.3 Å². The normalized spacial score (nSPS) is 26.0. The largest absolute Gasteiger partial charge is 0.396 e. The molecule has 15 heavy (non-hydrogen) atoms. The van der Waals surface area contributed by atoms with Crippen molar-refractivity contribution >= 4 is 22.9 Å². The Morgan fingerprint density at radius 1 is 1.53 bits per heavy atom. The second kappa shape index (κ2) is 5.30. The Hall–Kier alpha value is -0.0900. The van der Waals surface area contributed by atoms with Crippen molar-refractivity contribution in [2.45, 2.75) is 31.8 Å². The molecule has 0 aliphatic heterocycles. The molecule has 2 N–H and O–H groups in total. The van der Waals surface area contributed by atoms with Crippen molar-refractivity contribution in [3.63, 3.8) is 0 Å². The van der Waals surface area contributed by atoms with Crippen LogP contribution in [0.5, 0.6) is 0 Å². The van der Waals surface area contributed by atoms with E-state index in [1.807, 2.05) is 11.4 Å². The average Bonchev–Trinajstić information content (AvgIpc) is 2.83. The lowest BCUT2D eigenvalue weighted by molar-refractivity contribution is 0.205. The Labute approximate surface area is 99.3 Å². The van der Waals surface area contributed by atoms with Crippen LogP contribution < -0.4 is 5.32 Å². The van der Waals surface area contributed by atoms with Crippen LogP contribution in [0.1, 0.15) is 24.1 Å². The molecule has 1 heterocycles. The van der Waals surface area contributed by atoms with Gasteiger partial charge in [-0.15, -0.1) is 11.3 Å². The number of rotatable bonds is 4. The molecule has 1 aromatic rings. The molecule has 0 radical (unpaired) electrons. The standard InChI is InChI=1S/C11H16ClNOS/c12-9-4-10(15-7-9)5-13-11-3-1-2-8(11)6-14/h4,7-8,11,13-14H,1-3,5-6H2. The van der Waals surface area contributed by atoms with Crippen molar-refractivity contribution in [2.24, 2.45) is 5.92 Å². The Kier molecular flexibility index (Phi) is 4.03. The Morgan fingerprint density at radius 3 is 3.07 bits per heavy atom. The zero-order valence-electron chi connectivity index (χ0n) is 8.58. The molecular formula is C11H16ClNOS. The molecule has 0 bridgehead atoms. The Bertz CT molecular complexity index is 315. The smallest absolute Gasteiger partial charge is 0.0516 e. The first-order valence-corrected chi connectivity index (χ1v) is 6.62. The van der Waals surface area contributed by atoms with Crippen LogP contribution in [-0.2, 0) is 6.54 Å². The molecule has 0 saturated heterocycles. The molecule has 84 valence electrons. The van der Waals surface area contributed by atoms with Gasteiger partial charge in [0.15, 0.2) is 0 Å². The van der Waals surface area contributed by atoms with Crippen LogP contribution in [0.3, 0.4) is 0 Å². The number of hydrogen-bond donors (Lipinski definition) is 2. The minimum atomic E-state index is 0.308. The number of aliphatic hydroxyl groups is 1. The zero-order chi connectivity index (χ0) is 10.7. The molecule has 2 unspecified atom stereocenters. The summed E-state index contributed by atoms with van der Waals surface area (Å²) in [5, 5.41) is 15.5. The highest BCUT2D eigenvalue weighted by Gasteiger charge is 2.25. The average molecular weight is 246 g/mol. The maximum atomic E-state index is 9.18. The van der Waals surface area contributed by atoms with Gasteiger partial charge in [0.1, 0.15) is 0 Å². The lowest BCUT2D eigenvalue weighted by Gasteiger charge is -2.18. The highest BCUT2D eigenvalue weighted by Crippen LogP contribution is 2.26. The Balaban J connectivity index is 1.82. The van der Waals surface area contributed by atoms with E-state index in [1.54, 1.807) is 11.3 Å². The number of nitrogens with one attached hydrogen (secondary N) is 1. The molecule has 2 atom stereocenters. The number of thiophene rings is 1. The summed E-state index contributed by atoms with van der Waals surface area (Å²) in [4.78, 5) is 1.27. The highest BCUT2D eigenvalue weighted by molar-refractivity contribution is 7.10. The van der Waals surface area contributed by atoms with Crippen LogP contribution in [0.2, 0.25) is 5.02 Å². The fraction of sp³-hybridized carbons (Fsp3) is 0.636. The van der Waals surface area contributed by atoms with Gasteiger partial charge in [0.05, 0.1) is 5.02 Å².